The van der Waals surface area contributed by atoms with Crippen molar-refractivity contribution in [2.75, 3.05) is 30.8 Å². The molecule has 1 fully saturated rings. The van der Waals surface area contributed by atoms with Crippen LogP contribution in [0.4, 0.5) is 5.13 Å². The molecule has 1 amide bonds. The number of anilines is 1. The molecular weight excluding hydrogens is 468 g/mol. The molecule has 0 aliphatic carbocycles. The van der Waals surface area contributed by atoms with Gasteiger partial charge in [-0.05, 0) is 49.2 Å². The zero-order chi connectivity index (χ0) is 22.4. The molecule has 2 aromatic carbocycles. The van der Waals surface area contributed by atoms with Crippen molar-refractivity contribution in [3.8, 4) is 5.75 Å². The van der Waals surface area contributed by atoms with E-state index in [1.807, 2.05) is 30.3 Å². The molecule has 0 radical (unpaired) electrons. The highest BCUT2D eigenvalue weighted by Gasteiger charge is 2.27. The monoisotopic (exact) mass is 490 g/mol. The summed E-state index contributed by atoms with van der Waals surface area (Å²) in [4.78, 5) is 12.7. The van der Waals surface area contributed by atoms with Gasteiger partial charge in [-0.25, -0.2) is 8.42 Å². The van der Waals surface area contributed by atoms with Gasteiger partial charge in [0.1, 0.15) is 5.75 Å². The second-order valence-electron chi connectivity index (χ2n) is 6.97. The highest BCUT2D eigenvalue weighted by atomic mass is 32.2. The number of nitrogens with one attached hydrogen (secondary N) is 1. The van der Waals surface area contributed by atoms with Crippen LogP contribution in [-0.4, -0.2) is 54.3 Å². The van der Waals surface area contributed by atoms with Crippen LogP contribution in [0.1, 0.15) is 23.2 Å². The Morgan fingerprint density at radius 3 is 2.50 bits per heavy atom. The maximum Gasteiger partial charge on any atom is 0.257 e. The number of ether oxygens (including phenoxy) is 1. The van der Waals surface area contributed by atoms with E-state index in [0.29, 0.717) is 36.1 Å². The van der Waals surface area contributed by atoms with Crippen molar-refractivity contribution in [2.45, 2.75) is 22.1 Å². The van der Waals surface area contributed by atoms with Crippen molar-refractivity contribution in [2.24, 2.45) is 0 Å². The molecule has 11 heteroatoms. The van der Waals surface area contributed by atoms with Gasteiger partial charge in [0.2, 0.25) is 15.2 Å². The number of para-hydroxylation sites is 1. The van der Waals surface area contributed by atoms with E-state index in [-0.39, 0.29) is 10.8 Å². The fraction of sp³-hybridized carbons (Fsp3) is 0.286. The van der Waals surface area contributed by atoms with Gasteiger partial charge < -0.3 is 4.74 Å². The molecule has 168 valence electrons. The third kappa shape index (κ3) is 5.66. The second-order valence-corrected chi connectivity index (χ2v) is 11.2. The predicted molar refractivity (Wildman–Crippen MR) is 125 cm³/mol. The number of carbonyl (C=O) groups is 1. The van der Waals surface area contributed by atoms with Crippen molar-refractivity contribution >= 4 is 44.2 Å². The summed E-state index contributed by atoms with van der Waals surface area (Å²) in [5, 5.41) is 11.2. The summed E-state index contributed by atoms with van der Waals surface area (Å²) >= 11 is 2.77. The van der Waals surface area contributed by atoms with Gasteiger partial charge in [0.25, 0.3) is 5.91 Å². The Balaban J connectivity index is 1.28. The summed E-state index contributed by atoms with van der Waals surface area (Å²) in [6.45, 7) is 1.61. The van der Waals surface area contributed by atoms with Crippen molar-refractivity contribution < 1.29 is 17.9 Å². The molecule has 4 rings (SSSR count). The van der Waals surface area contributed by atoms with Crippen LogP contribution in [0.5, 0.6) is 5.75 Å². The number of nitrogens with zero attached hydrogens (tertiary/aromatic N) is 3. The van der Waals surface area contributed by atoms with Crippen LogP contribution in [0, 0.1) is 0 Å². The van der Waals surface area contributed by atoms with Crippen molar-refractivity contribution in [1.82, 2.24) is 14.5 Å². The quantitative estimate of drug-likeness (QED) is 0.277. The lowest BCUT2D eigenvalue weighted by atomic mass is 10.2. The Kier molecular flexibility index (Phi) is 7.40. The van der Waals surface area contributed by atoms with Gasteiger partial charge in [-0.1, -0.05) is 41.3 Å². The van der Waals surface area contributed by atoms with Crippen LogP contribution in [-0.2, 0) is 10.0 Å². The first kappa shape index (κ1) is 22.7. The summed E-state index contributed by atoms with van der Waals surface area (Å²) in [6.07, 6.45) is 1.75. The SMILES string of the molecule is O=C(Nc1nnc(SCCOc2ccccc2)s1)c1ccc(S(=O)(=O)N2CCCC2)cc1. The van der Waals surface area contributed by atoms with Gasteiger partial charge in [-0.15, -0.1) is 10.2 Å². The van der Waals surface area contributed by atoms with E-state index in [2.05, 4.69) is 15.5 Å². The lowest BCUT2D eigenvalue weighted by molar-refractivity contribution is 0.102. The third-order valence-electron chi connectivity index (χ3n) is 4.77. The third-order valence-corrected chi connectivity index (χ3v) is 8.62. The Morgan fingerprint density at radius 2 is 1.78 bits per heavy atom. The van der Waals surface area contributed by atoms with Crippen molar-refractivity contribution in [3.63, 3.8) is 0 Å². The maximum atomic E-state index is 12.6. The fourth-order valence-corrected chi connectivity index (χ4v) is 6.30. The smallest absolute Gasteiger partial charge is 0.257 e. The minimum absolute atomic E-state index is 0.197. The molecule has 0 unspecified atom stereocenters. The summed E-state index contributed by atoms with van der Waals surface area (Å²) in [7, 11) is -3.50. The number of hydrogen-bond acceptors (Lipinski definition) is 8. The average Bonchev–Trinajstić information content (AvgIpc) is 3.50. The predicted octanol–water partition coefficient (Wildman–Crippen LogP) is 3.75. The Hall–Kier alpha value is -2.47. The normalized spacial score (nSPS) is 14.4. The largest absolute Gasteiger partial charge is 0.493 e. The number of amides is 1. The van der Waals surface area contributed by atoms with E-state index in [9.17, 15) is 13.2 Å². The number of sulfonamides is 1. The minimum Gasteiger partial charge on any atom is -0.493 e. The molecule has 0 saturated carbocycles. The number of carbonyl (C=O) groups excluding carboxylic acids is 1. The molecule has 1 saturated heterocycles. The first-order valence-corrected chi connectivity index (χ1v) is 13.3. The van der Waals surface area contributed by atoms with Gasteiger partial charge >= 0.3 is 0 Å². The van der Waals surface area contributed by atoms with Gasteiger partial charge in [0, 0.05) is 24.4 Å². The van der Waals surface area contributed by atoms with E-state index in [4.69, 9.17) is 4.74 Å². The molecule has 1 aromatic heterocycles. The topological polar surface area (TPSA) is 101 Å². The maximum absolute atomic E-state index is 12.6. The molecule has 1 N–H and O–H groups in total. The Bertz CT molecular complexity index is 1150. The van der Waals surface area contributed by atoms with E-state index in [0.717, 1.165) is 22.9 Å². The van der Waals surface area contributed by atoms with Crippen LogP contribution < -0.4 is 10.1 Å². The van der Waals surface area contributed by atoms with E-state index in [1.165, 1.54) is 51.7 Å². The number of benzene rings is 2. The summed E-state index contributed by atoms with van der Waals surface area (Å²) in [6, 6.07) is 15.5. The van der Waals surface area contributed by atoms with Gasteiger partial charge in [0.05, 0.1) is 11.5 Å². The summed E-state index contributed by atoms with van der Waals surface area (Å²) in [5.74, 6) is 1.15. The van der Waals surface area contributed by atoms with Crippen LogP contribution in [0.15, 0.2) is 63.8 Å². The first-order chi connectivity index (χ1) is 15.5. The first-order valence-electron chi connectivity index (χ1n) is 10.1. The Labute approximate surface area is 195 Å². The zero-order valence-electron chi connectivity index (χ0n) is 17.1. The number of thioether (sulfide) groups is 1. The lowest BCUT2D eigenvalue weighted by Gasteiger charge is -2.15. The Morgan fingerprint density at radius 1 is 1.06 bits per heavy atom. The summed E-state index contributed by atoms with van der Waals surface area (Å²) < 4.78 is 33.0. The van der Waals surface area contributed by atoms with Gasteiger partial charge in [-0.3, -0.25) is 10.1 Å². The highest BCUT2D eigenvalue weighted by Crippen LogP contribution is 2.26. The molecule has 0 spiro atoms. The zero-order valence-corrected chi connectivity index (χ0v) is 19.6. The second kappa shape index (κ2) is 10.4. The molecule has 0 atom stereocenters. The molecule has 1 aliphatic heterocycles. The fourth-order valence-electron chi connectivity index (χ4n) is 3.15. The van der Waals surface area contributed by atoms with E-state index >= 15 is 0 Å². The van der Waals surface area contributed by atoms with Crippen LogP contribution in [0.25, 0.3) is 0 Å². The molecule has 1 aliphatic rings. The number of hydrogen-bond donors (Lipinski definition) is 1. The minimum atomic E-state index is -3.50. The lowest BCUT2D eigenvalue weighted by Crippen LogP contribution is -2.27. The van der Waals surface area contributed by atoms with E-state index in [1.54, 1.807) is 0 Å². The van der Waals surface area contributed by atoms with E-state index < -0.39 is 10.0 Å². The van der Waals surface area contributed by atoms with Gasteiger partial charge in [-0.2, -0.15) is 4.31 Å². The molecule has 32 heavy (non-hydrogen) atoms. The van der Waals surface area contributed by atoms with Crippen molar-refractivity contribution in [1.29, 1.82) is 0 Å². The number of rotatable bonds is 9. The highest BCUT2D eigenvalue weighted by molar-refractivity contribution is 8.01. The van der Waals surface area contributed by atoms with Gasteiger partial charge in [0.15, 0.2) is 4.34 Å². The van der Waals surface area contributed by atoms with Crippen LogP contribution >= 0.6 is 23.1 Å². The summed E-state index contributed by atoms with van der Waals surface area (Å²) in [5.41, 5.74) is 0.353. The number of aromatic nitrogens is 2. The molecule has 3 aromatic rings. The van der Waals surface area contributed by atoms with Crippen LogP contribution in [0.3, 0.4) is 0 Å². The average molecular weight is 491 g/mol. The van der Waals surface area contributed by atoms with Crippen molar-refractivity contribution in [3.05, 3.63) is 60.2 Å². The molecule has 8 nitrogen and oxygen atoms in total. The molecule has 0 bridgehead atoms. The van der Waals surface area contributed by atoms with Crippen LogP contribution in [0.2, 0.25) is 0 Å². The standard InChI is InChI=1S/C21H22N4O4S3/c26-19(16-8-10-18(11-9-16)32(27,28)25-12-4-5-13-25)22-20-23-24-21(31-20)30-15-14-29-17-6-2-1-3-7-17/h1-3,6-11H,4-5,12-15H2,(H,22,23,26). The molecule has 2 heterocycles. The molecular formula is C21H22N4O4S3.